The molecule has 3 heterocycles. The Bertz CT molecular complexity index is 941. The topological polar surface area (TPSA) is 132 Å². The average Bonchev–Trinajstić information content (AvgIpc) is 3.18. The van der Waals surface area contributed by atoms with E-state index in [0.29, 0.717) is 42.1 Å². The van der Waals surface area contributed by atoms with Crippen LogP contribution in [0.3, 0.4) is 0 Å². The van der Waals surface area contributed by atoms with Gasteiger partial charge in [0.25, 0.3) is 0 Å². The molecule has 0 aliphatic carbocycles. The van der Waals surface area contributed by atoms with E-state index in [1.165, 1.54) is 0 Å². The van der Waals surface area contributed by atoms with Gasteiger partial charge in [0.1, 0.15) is 42.4 Å². The number of carbonyl (C=O) groups excluding carboxylic acids is 2. The predicted octanol–water partition coefficient (Wildman–Crippen LogP) is 2.44. The van der Waals surface area contributed by atoms with Crippen molar-refractivity contribution in [1.82, 2.24) is 0 Å². The van der Waals surface area contributed by atoms with Gasteiger partial charge in [-0.1, -0.05) is 40.7 Å². The number of benzene rings is 1. The summed E-state index contributed by atoms with van der Waals surface area (Å²) >= 11 is 3.30. The molecule has 1 aromatic carbocycles. The van der Waals surface area contributed by atoms with Crippen LogP contribution in [0.5, 0.6) is 0 Å². The maximum absolute atomic E-state index is 12.8. The van der Waals surface area contributed by atoms with E-state index in [9.17, 15) is 24.9 Å². The lowest BCUT2D eigenvalue weighted by molar-refractivity contribution is -0.260. The number of hydrogen-bond donors (Lipinski definition) is 3. The number of ether oxygens (including phenoxy) is 4. The van der Waals surface area contributed by atoms with E-state index in [1.807, 2.05) is 6.07 Å². The number of aliphatic hydroxyl groups is 3. The van der Waals surface area contributed by atoms with Crippen LogP contribution in [0, 0.1) is 0 Å². The van der Waals surface area contributed by atoms with Crippen LogP contribution in [0.1, 0.15) is 55.3 Å². The van der Waals surface area contributed by atoms with E-state index in [0.717, 1.165) is 0 Å². The van der Waals surface area contributed by atoms with Crippen molar-refractivity contribution in [3.05, 3.63) is 47.0 Å². The first kappa shape index (κ1) is 28.4. The summed E-state index contributed by atoms with van der Waals surface area (Å²) in [6.45, 7) is 3.82. The maximum Gasteiger partial charge on any atom is 0.338 e. The maximum atomic E-state index is 12.8. The van der Waals surface area contributed by atoms with E-state index < -0.39 is 48.7 Å². The Hall–Kier alpha value is -1.66. The van der Waals surface area contributed by atoms with Gasteiger partial charge in [-0.15, -0.1) is 0 Å². The normalized spacial score (nSPS) is 33.7. The van der Waals surface area contributed by atoms with Crippen molar-refractivity contribution in [3.8, 4) is 0 Å². The molecule has 0 bridgehead atoms. The molecule has 0 radical (unpaired) electrons. The molecule has 0 spiro atoms. The Kier molecular flexibility index (Phi) is 9.90. The molecule has 4 rings (SSSR count). The lowest BCUT2D eigenvalue weighted by atomic mass is 9.88. The summed E-state index contributed by atoms with van der Waals surface area (Å²) in [6, 6.07) is 8.63. The summed E-state index contributed by atoms with van der Waals surface area (Å²) in [6.07, 6.45) is -3.59. The van der Waals surface area contributed by atoms with Crippen LogP contribution in [0.15, 0.2) is 41.4 Å². The predicted molar refractivity (Wildman–Crippen MR) is 136 cm³/mol. The number of esters is 1. The molecular formula is C27H35BrO9. The number of halogens is 1. The molecule has 3 saturated heterocycles. The highest BCUT2D eigenvalue weighted by Crippen LogP contribution is 2.40. The Labute approximate surface area is 224 Å². The molecule has 9 nitrogen and oxygen atoms in total. The molecule has 204 valence electrons. The Morgan fingerprint density at radius 2 is 1.78 bits per heavy atom. The van der Waals surface area contributed by atoms with Crippen LogP contribution in [-0.2, 0) is 23.7 Å². The number of rotatable bonds is 11. The second kappa shape index (κ2) is 12.9. The third-order valence-electron chi connectivity index (χ3n) is 7.22. The molecule has 3 aliphatic rings. The number of ketones is 1. The zero-order valence-corrected chi connectivity index (χ0v) is 22.2. The zero-order valence-electron chi connectivity index (χ0n) is 20.6. The van der Waals surface area contributed by atoms with E-state index in [4.69, 9.17) is 18.9 Å². The van der Waals surface area contributed by atoms with Crippen LogP contribution >= 0.6 is 15.9 Å². The number of aliphatic hydroxyl groups excluding tert-OH is 3. The Morgan fingerprint density at radius 1 is 1.05 bits per heavy atom. The molecule has 4 unspecified atom stereocenters. The van der Waals surface area contributed by atoms with Crippen LogP contribution < -0.4 is 0 Å². The molecule has 0 aromatic heterocycles. The minimum atomic E-state index is -1.06. The van der Waals surface area contributed by atoms with Crippen molar-refractivity contribution in [2.75, 3.05) is 6.61 Å². The monoisotopic (exact) mass is 582 g/mol. The Morgan fingerprint density at radius 3 is 2.49 bits per heavy atom. The first-order chi connectivity index (χ1) is 17.8. The lowest BCUT2D eigenvalue weighted by Gasteiger charge is -2.46. The van der Waals surface area contributed by atoms with Crippen LogP contribution in [-0.4, -0.2) is 88.6 Å². The largest absolute Gasteiger partial charge is 0.458 e. The van der Waals surface area contributed by atoms with Gasteiger partial charge in [-0.05, 0) is 42.3 Å². The second-order valence-corrected chi connectivity index (χ2v) is 11.1. The van der Waals surface area contributed by atoms with Gasteiger partial charge >= 0.3 is 5.97 Å². The molecule has 37 heavy (non-hydrogen) atoms. The number of carbonyl (C=O) groups is 2. The molecule has 3 fully saturated rings. The van der Waals surface area contributed by atoms with Crippen molar-refractivity contribution >= 4 is 27.7 Å². The first-order valence-electron chi connectivity index (χ1n) is 12.8. The third-order valence-corrected chi connectivity index (χ3v) is 7.55. The van der Waals surface area contributed by atoms with Crippen molar-refractivity contribution in [2.45, 2.75) is 99.9 Å². The Balaban J connectivity index is 1.30. The van der Waals surface area contributed by atoms with Crippen molar-refractivity contribution in [3.63, 3.8) is 0 Å². The van der Waals surface area contributed by atoms with Crippen molar-refractivity contribution in [2.24, 2.45) is 0 Å². The number of fused-ring (bicyclic) bond motifs is 2. The van der Waals surface area contributed by atoms with E-state index >= 15 is 0 Å². The molecule has 0 saturated carbocycles. The molecule has 3 aliphatic heterocycles. The third kappa shape index (κ3) is 7.06. The minimum Gasteiger partial charge on any atom is -0.458 e. The smallest absolute Gasteiger partial charge is 0.338 e. The fraction of sp³-hybridized carbons (Fsp3) is 0.630. The van der Waals surface area contributed by atoms with Crippen molar-refractivity contribution < 1.29 is 43.9 Å². The SMILES string of the molecule is C=C(Br)C[C@H](CCC(=O)CC1O[C@H]2C(O)[C@H]3OC(CCO)CCC3O[C@H]2[C@H]1O)OC(=O)c1ccccc1. The van der Waals surface area contributed by atoms with Gasteiger partial charge in [0.05, 0.1) is 23.9 Å². The van der Waals surface area contributed by atoms with Crippen LogP contribution in [0.25, 0.3) is 0 Å². The van der Waals surface area contributed by atoms with Crippen LogP contribution in [0.2, 0.25) is 0 Å². The van der Waals surface area contributed by atoms with Crippen molar-refractivity contribution in [1.29, 1.82) is 0 Å². The summed E-state index contributed by atoms with van der Waals surface area (Å²) in [4.78, 5) is 25.3. The highest BCUT2D eigenvalue weighted by atomic mass is 79.9. The molecule has 3 N–H and O–H groups in total. The van der Waals surface area contributed by atoms with Gasteiger partial charge in [-0.3, -0.25) is 4.79 Å². The fourth-order valence-electron chi connectivity index (χ4n) is 5.34. The number of hydrogen-bond acceptors (Lipinski definition) is 9. The van der Waals surface area contributed by atoms with Gasteiger partial charge < -0.3 is 34.3 Å². The van der Waals surface area contributed by atoms with E-state index in [-0.39, 0.29) is 37.4 Å². The molecule has 10 heteroatoms. The number of Topliss-reactive ketones (excluding diaryl/α,β-unsaturated/α-hetero) is 1. The minimum absolute atomic E-state index is 0.000520. The molecule has 0 amide bonds. The lowest BCUT2D eigenvalue weighted by Crippen LogP contribution is -2.61. The highest BCUT2D eigenvalue weighted by Gasteiger charge is 2.56. The average molecular weight is 583 g/mol. The van der Waals surface area contributed by atoms with Crippen LogP contribution in [0.4, 0.5) is 0 Å². The van der Waals surface area contributed by atoms with Gasteiger partial charge in [-0.25, -0.2) is 4.79 Å². The molecular weight excluding hydrogens is 548 g/mol. The summed E-state index contributed by atoms with van der Waals surface area (Å²) < 4.78 is 24.2. The first-order valence-corrected chi connectivity index (χ1v) is 13.6. The summed E-state index contributed by atoms with van der Waals surface area (Å²) in [5.74, 6) is -0.628. The van der Waals surface area contributed by atoms with Gasteiger partial charge in [0, 0.05) is 25.9 Å². The van der Waals surface area contributed by atoms with Gasteiger partial charge in [0.2, 0.25) is 0 Å². The van der Waals surface area contributed by atoms with Gasteiger partial charge in [0.15, 0.2) is 0 Å². The molecule has 9 atom stereocenters. The second-order valence-electron chi connectivity index (χ2n) is 9.97. The zero-order chi connectivity index (χ0) is 26.5. The van der Waals surface area contributed by atoms with E-state index in [2.05, 4.69) is 22.5 Å². The summed E-state index contributed by atoms with van der Waals surface area (Å²) in [5.41, 5.74) is 0.426. The summed E-state index contributed by atoms with van der Waals surface area (Å²) in [7, 11) is 0. The highest BCUT2D eigenvalue weighted by molar-refractivity contribution is 9.11. The quantitative estimate of drug-likeness (QED) is 0.336. The summed E-state index contributed by atoms with van der Waals surface area (Å²) in [5, 5.41) is 31.0. The van der Waals surface area contributed by atoms with E-state index in [1.54, 1.807) is 24.3 Å². The standard InChI is InChI=1S/C27H35BrO9/c1-15(28)13-19(35-27(33)16-5-3-2-4-6-16)8-7-17(30)14-21-22(31)25-26(37-21)23(32)24-20(36-25)10-9-18(34-24)11-12-29/h2-6,18-26,29,31-32H,1,7-14H2/t18?,19-,20?,21?,22-,23?,24-,25-,26-/m0/s1. The fourth-order valence-corrected chi connectivity index (χ4v) is 5.70. The molecule has 1 aromatic rings. The van der Waals surface area contributed by atoms with Gasteiger partial charge in [-0.2, -0.15) is 0 Å².